The lowest BCUT2D eigenvalue weighted by molar-refractivity contribution is -0.119. The normalized spacial score (nSPS) is 23.8. The Labute approximate surface area is 203 Å². The summed E-state index contributed by atoms with van der Waals surface area (Å²) in [5.41, 5.74) is 0.394. The van der Waals surface area contributed by atoms with E-state index in [9.17, 15) is 18.0 Å². The molecule has 34 heavy (non-hydrogen) atoms. The Balaban J connectivity index is 1.45. The standard InChI is InChI=1S/C24H27N3O5S2/c1-23(2)10-18-11-24(3,14-23)15-27(18)34(30,31)19-6-4-5-16(9-19)22(29)32-13-20(28)26-21-17(12-25)7-8-33-21/h4-9,18H,10-11,13-15H2,1-3H3,(H,26,28)/t18-,24-/m1/s1. The first kappa shape index (κ1) is 24.4. The number of esters is 1. The highest BCUT2D eigenvalue weighted by atomic mass is 32.2. The molecule has 1 aliphatic carbocycles. The summed E-state index contributed by atoms with van der Waals surface area (Å²) in [6.07, 6.45) is 2.61. The fraction of sp³-hybridized carbons (Fsp3) is 0.458. The minimum atomic E-state index is -3.79. The van der Waals surface area contributed by atoms with Gasteiger partial charge in [-0.3, -0.25) is 4.79 Å². The van der Waals surface area contributed by atoms with Crippen LogP contribution < -0.4 is 5.32 Å². The van der Waals surface area contributed by atoms with E-state index in [1.807, 2.05) is 6.07 Å². The maximum atomic E-state index is 13.5. The van der Waals surface area contributed by atoms with Crippen LogP contribution in [-0.4, -0.2) is 43.8 Å². The molecule has 2 heterocycles. The topological polar surface area (TPSA) is 117 Å². The van der Waals surface area contributed by atoms with Gasteiger partial charge in [-0.15, -0.1) is 11.3 Å². The number of nitrogens with one attached hydrogen (secondary N) is 1. The van der Waals surface area contributed by atoms with Crippen molar-refractivity contribution >= 4 is 38.2 Å². The molecule has 0 spiro atoms. The van der Waals surface area contributed by atoms with E-state index in [0.717, 1.165) is 19.3 Å². The van der Waals surface area contributed by atoms with Crippen molar-refractivity contribution in [1.82, 2.24) is 4.31 Å². The van der Waals surface area contributed by atoms with E-state index in [-0.39, 0.29) is 27.3 Å². The Morgan fingerprint density at radius 3 is 2.76 bits per heavy atom. The molecule has 1 aromatic carbocycles. The van der Waals surface area contributed by atoms with Crippen LogP contribution in [0.4, 0.5) is 5.00 Å². The largest absolute Gasteiger partial charge is 0.452 e. The quantitative estimate of drug-likeness (QED) is 0.598. The number of carbonyl (C=O) groups excluding carboxylic acids is 2. The smallest absolute Gasteiger partial charge is 0.338 e. The van der Waals surface area contributed by atoms with E-state index in [1.165, 1.54) is 35.6 Å². The van der Waals surface area contributed by atoms with Crippen molar-refractivity contribution in [2.75, 3.05) is 18.5 Å². The molecule has 1 saturated carbocycles. The van der Waals surface area contributed by atoms with Gasteiger partial charge in [0.1, 0.15) is 11.1 Å². The molecule has 4 rings (SSSR count). The van der Waals surface area contributed by atoms with Gasteiger partial charge in [-0.05, 0) is 59.7 Å². The second kappa shape index (κ2) is 8.80. The number of ether oxygens (including phenoxy) is 1. The van der Waals surface area contributed by atoms with Crippen molar-refractivity contribution in [2.24, 2.45) is 10.8 Å². The van der Waals surface area contributed by atoms with Crippen molar-refractivity contribution in [3.05, 3.63) is 46.8 Å². The predicted molar refractivity (Wildman–Crippen MR) is 128 cm³/mol. The summed E-state index contributed by atoms with van der Waals surface area (Å²) < 4.78 is 33.7. The number of fused-ring (bicyclic) bond motifs is 2. The molecule has 1 N–H and O–H groups in total. The number of amides is 1. The number of carbonyl (C=O) groups is 2. The van der Waals surface area contributed by atoms with Crippen LogP contribution in [-0.2, 0) is 19.6 Å². The third kappa shape index (κ3) is 4.87. The van der Waals surface area contributed by atoms with Gasteiger partial charge >= 0.3 is 5.97 Å². The number of anilines is 1. The Hall–Kier alpha value is -2.74. The maximum absolute atomic E-state index is 13.5. The Bertz CT molecular complexity index is 1280. The van der Waals surface area contributed by atoms with Gasteiger partial charge in [-0.1, -0.05) is 26.8 Å². The summed E-state index contributed by atoms with van der Waals surface area (Å²) in [5, 5.41) is 13.6. The molecule has 2 atom stereocenters. The summed E-state index contributed by atoms with van der Waals surface area (Å²) in [6.45, 7) is 6.41. The molecule has 0 radical (unpaired) electrons. The van der Waals surface area contributed by atoms with E-state index in [0.29, 0.717) is 17.1 Å². The van der Waals surface area contributed by atoms with E-state index >= 15 is 0 Å². The Morgan fingerprint density at radius 1 is 1.26 bits per heavy atom. The molecular formula is C24H27N3O5S2. The zero-order chi connectivity index (χ0) is 24.7. The number of rotatable bonds is 6. The highest BCUT2D eigenvalue weighted by Gasteiger charge is 2.53. The summed E-state index contributed by atoms with van der Waals surface area (Å²) in [4.78, 5) is 24.7. The molecule has 1 saturated heterocycles. The SMILES string of the molecule is CC1(C)C[C@@H]2C[C@@](C)(CN2S(=O)(=O)c2cccc(C(=O)OCC(=O)Nc3sccc3C#N)c2)C1. The van der Waals surface area contributed by atoms with Crippen LogP contribution in [0.1, 0.15) is 56.0 Å². The number of hydrogen-bond donors (Lipinski definition) is 1. The van der Waals surface area contributed by atoms with Crippen LogP contribution in [0.25, 0.3) is 0 Å². The van der Waals surface area contributed by atoms with Crippen LogP contribution in [0.15, 0.2) is 40.6 Å². The zero-order valence-corrected chi connectivity index (χ0v) is 21.0. The lowest BCUT2D eigenvalue weighted by atomic mass is 9.65. The fourth-order valence-corrected chi connectivity index (χ4v) is 8.05. The number of nitrogens with zero attached hydrogens (tertiary/aromatic N) is 2. The number of thiophene rings is 1. The van der Waals surface area contributed by atoms with Crippen LogP contribution in [0.2, 0.25) is 0 Å². The molecule has 10 heteroatoms. The first-order valence-electron chi connectivity index (χ1n) is 11.0. The monoisotopic (exact) mass is 501 g/mol. The average Bonchev–Trinajstić information content (AvgIpc) is 3.32. The van der Waals surface area contributed by atoms with Gasteiger partial charge in [-0.25, -0.2) is 13.2 Å². The molecule has 180 valence electrons. The summed E-state index contributed by atoms with van der Waals surface area (Å²) in [6, 6.07) is 9.22. The predicted octanol–water partition coefficient (Wildman–Crippen LogP) is 4.00. The van der Waals surface area contributed by atoms with Crippen LogP contribution in [0, 0.1) is 22.2 Å². The number of benzene rings is 1. The maximum Gasteiger partial charge on any atom is 0.338 e. The van der Waals surface area contributed by atoms with Gasteiger partial charge in [0.25, 0.3) is 5.91 Å². The zero-order valence-electron chi connectivity index (χ0n) is 19.3. The molecule has 2 fully saturated rings. The van der Waals surface area contributed by atoms with Crippen LogP contribution in [0.3, 0.4) is 0 Å². The van der Waals surface area contributed by atoms with Gasteiger partial charge in [0.05, 0.1) is 16.0 Å². The minimum absolute atomic E-state index is 0.0394. The third-order valence-electron chi connectivity index (χ3n) is 6.42. The molecule has 2 aromatic rings. The van der Waals surface area contributed by atoms with Gasteiger partial charge < -0.3 is 10.1 Å². The lowest BCUT2D eigenvalue weighted by Crippen LogP contribution is -2.37. The molecule has 2 bridgehead atoms. The van der Waals surface area contributed by atoms with Gasteiger partial charge in [0.2, 0.25) is 10.0 Å². The molecule has 8 nitrogen and oxygen atoms in total. The Morgan fingerprint density at radius 2 is 2.03 bits per heavy atom. The van der Waals surface area contributed by atoms with Crippen molar-refractivity contribution < 1.29 is 22.7 Å². The highest BCUT2D eigenvalue weighted by molar-refractivity contribution is 7.89. The molecule has 1 aromatic heterocycles. The highest BCUT2D eigenvalue weighted by Crippen LogP contribution is 2.53. The molecule has 1 aliphatic heterocycles. The number of sulfonamides is 1. The van der Waals surface area contributed by atoms with E-state index in [1.54, 1.807) is 15.8 Å². The van der Waals surface area contributed by atoms with Crippen LogP contribution >= 0.6 is 11.3 Å². The first-order valence-corrected chi connectivity index (χ1v) is 13.3. The fourth-order valence-electron chi connectivity index (χ4n) is 5.48. The second-order valence-electron chi connectivity index (χ2n) is 10.2. The second-order valence-corrected chi connectivity index (χ2v) is 13.0. The third-order valence-corrected chi connectivity index (χ3v) is 9.14. The summed E-state index contributed by atoms with van der Waals surface area (Å²) >= 11 is 1.19. The van der Waals surface area contributed by atoms with Crippen LogP contribution in [0.5, 0.6) is 0 Å². The number of nitriles is 1. The van der Waals surface area contributed by atoms with Crippen molar-refractivity contribution in [1.29, 1.82) is 5.26 Å². The Kier molecular flexibility index (Phi) is 6.31. The molecule has 2 aliphatic rings. The lowest BCUT2D eigenvalue weighted by Gasteiger charge is -2.39. The van der Waals surface area contributed by atoms with E-state index in [4.69, 9.17) is 10.00 Å². The summed E-state index contributed by atoms with van der Waals surface area (Å²) in [7, 11) is -3.79. The van der Waals surface area contributed by atoms with Gasteiger partial charge in [-0.2, -0.15) is 9.57 Å². The van der Waals surface area contributed by atoms with E-state index < -0.39 is 28.5 Å². The van der Waals surface area contributed by atoms with Crippen molar-refractivity contribution in [3.63, 3.8) is 0 Å². The minimum Gasteiger partial charge on any atom is -0.452 e. The molecule has 1 amide bonds. The molecular weight excluding hydrogens is 474 g/mol. The van der Waals surface area contributed by atoms with Gasteiger partial charge in [0, 0.05) is 12.6 Å². The van der Waals surface area contributed by atoms with Gasteiger partial charge in [0.15, 0.2) is 6.61 Å². The van der Waals surface area contributed by atoms with E-state index in [2.05, 4.69) is 26.1 Å². The van der Waals surface area contributed by atoms with Crippen molar-refractivity contribution in [3.8, 4) is 6.07 Å². The summed E-state index contributed by atoms with van der Waals surface area (Å²) in [5.74, 6) is -1.39. The van der Waals surface area contributed by atoms with Crippen molar-refractivity contribution in [2.45, 2.75) is 51.0 Å². The number of hydrogen-bond acceptors (Lipinski definition) is 7. The molecule has 0 unspecified atom stereocenters. The average molecular weight is 502 g/mol. The first-order chi connectivity index (χ1) is 15.9.